The van der Waals surface area contributed by atoms with E-state index in [2.05, 4.69) is 15.9 Å². The SMILES string of the molecule is COc1cc(Br)cc2cc(-c3ccc(F)cc3)c(=O)oc12. The molecule has 0 atom stereocenters. The van der Waals surface area contributed by atoms with Crippen molar-refractivity contribution in [1.82, 2.24) is 0 Å². The quantitative estimate of drug-likeness (QED) is 0.645. The number of benzene rings is 2. The molecule has 21 heavy (non-hydrogen) atoms. The lowest BCUT2D eigenvalue weighted by molar-refractivity contribution is 0.406. The second-order valence-corrected chi connectivity index (χ2v) is 5.40. The fraction of sp³-hybridized carbons (Fsp3) is 0.0625. The van der Waals surface area contributed by atoms with E-state index < -0.39 is 5.63 Å². The van der Waals surface area contributed by atoms with Crippen LogP contribution in [0.25, 0.3) is 22.1 Å². The maximum absolute atomic E-state index is 13.0. The van der Waals surface area contributed by atoms with Gasteiger partial charge in [0.15, 0.2) is 11.3 Å². The standard InChI is InChI=1S/C16H10BrFO3/c1-20-14-8-11(17)6-10-7-13(16(19)21-15(10)14)9-2-4-12(18)5-3-9/h2-8H,1H3. The van der Waals surface area contributed by atoms with Crippen molar-refractivity contribution in [2.45, 2.75) is 0 Å². The Kier molecular flexibility index (Phi) is 3.51. The molecule has 0 amide bonds. The van der Waals surface area contributed by atoms with Crippen LogP contribution in [-0.4, -0.2) is 7.11 Å². The molecule has 0 saturated heterocycles. The van der Waals surface area contributed by atoms with E-state index in [0.29, 0.717) is 22.5 Å². The first-order valence-corrected chi connectivity index (χ1v) is 6.95. The summed E-state index contributed by atoms with van der Waals surface area (Å²) in [7, 11) is 1.51. The number of ether oxygens (including phenoxy) is 1. The summed E-state index contributed by atoms with van der Waals surface area (Å²) >= 11 is 3.38. The van der Waals surface area contributed by atoms with Gasteiger partial charge in [0.05, 0.1) is 12.7 Å². The predicted molar refractivity (Wildman–Crippen MR) is 82.1 cm³/mol. The molecule has 3 aromatic rings. The van der Waals surface area contributed by atoms with Crippen molar-refractivity contribution < 1.29 is 13.5 Å². The minimum Gasteiger partial charge on any atom is -0.493 e. The molecular formula is C16H10BrFO3. The fourth-order valence-corrected chi connectivity index (χ4v) is 2.60. The van der Waals surface area contributed by atoms with Crippen molar-refractivity contribution in [1.29, 1.82) is 0 Å². The second kappa shape index (κ2) is 5.33. The highest BCUT2D eigenvalue weighted by molar-refractivity contribution is 9.10. The normalized spacial score (nSPS) is 10.8. The molecule has 1 aromatic heterocycles. The molecule has 0 aliphatic heterocycles. The van der Waals surface area contributed by atoms with E-state index in [1.54, 1.807) is 24.3 Å². The third-order valence-corrected chi connectivity index (χ3v) is 3.60. The zero-order valence-electron chi connectivity index (χ0n) is 11.0. The molecule has 0 saturated carbocycles. The molecular weight excluding hydrogens is 339 g/mol. The lowest BCUT2D eigenvalue weighted by Crippen LogP contribution is -2.03. The number of hydrogen-bond acceptors (Lipinski definition) is 3. The number of fused-ring (bicyclic) bond motifs is 1. The zero-order chi connectivity index (χ0) is 15.0. The van der Waals surface area contributed by atoms with E-state index in [0.717, 1.165) is 9.86 Å². The van der Waals surface area contributed by atoms with Crippen molar-refractivity contribution >= 4 is 26.9 Å². The van der Waals surface area contributed by atoms with Gasteiger partial charge in [0, 0.05) is 9.86 Å². The van der Waals surface area contributed by atoms with Crippen LogP contribution < -0.4 is 10.4 Å². The molecule has 2 aromatic carbocycles. The van der Waals surface area contributed by atoms with Crippen LogP contribution in [0.15, 0.2) is 56.1 Å². The van der Waals surface area contributed by atoms with Gasteiger partial charge in [-0.05, 0) is 35.9 Å². The van der Waals surface area contributed by atoms with Gasteiger partial charge in [-0.1, -0.05) is 28.1 Å². The van der Waals surface area contributed by atoms with Crippen molar-refractivity contribution in [3.8, 4) is 16.9 Å². The summed E-state index contributed by atoms with van der Waals surface area (Å²) < 4.78 is 24.4. The molecule has 1 heterocycles. The van der Waals surface area contributed by atoms with Gasteiger partial charge in [-0.15, -0.1) is 0 Å². The van der Waals surface area contributed by atoms with Crippen LogP contribution in [0.3, 0.4) is 0 Å². The van der Waals surface area contributed by atoms with E-state index in [9.17, 15) is 9.18 Å². The largest absolute Gasteiger partial charge is 0.493 e. The molecule has 0 radical (unpaired) electrons. The van der Waals surface area contributed by atoms with Crippen LogP contribution in [0, 0.1) is 5.82 Å². The summed E-state index contributed by atoms with van der Waals surface area (Å²) in [6.45, 7) is 0. The van der Waals surface area contributed by atoms with Gasteiger partial charge in [0.25, 0.3) is 0 Å². The molecule has 106 valence electrons. The van der Waals surface area contributed by atoms with Gasteiger partial charge in [-0.3, -0.25) is 0 Å². The Morgan fingerprint density at radius 3 is 2.52 bits per heavy atom. The minimum atomic E-state index is -0.491. The third kappa shape index (κ3) is 2.56. The number of halogens is 2. The summed E-state index contributed by atoms with van der Waals surface area (Å²) in [5, 5.41) is 0.722. The Balaban J connectivity index is 2.28. The second-order valence-electron chi connectivity index (χ2n) is 4.48. The maximum atomic E-state index is 13.0. The Morgan fingerprint density at radius 2 is 1.86 bits per heavy atom. The molecule has 5 heteroatoms. The van der Waals surface area contributed by atoms with Crippen LogP contribution in [0.5, 0.6) is 5.75 Å². The Bertz CT molecular complexity index is 869. The topological polar surface area (TPSA) is 39.4 Å². The number of rotatable bonds is 2. The van der Waals surface area contributed by atoms with E-state index in [-0.39, 0.29) is 5.82 Å². The smallest absolute Gasteiger partial charge is 0.344 e. The van der Waals surface area contributed by atoms with Crippen molar-refractivity contribution in [2.75, 3.05) is 7.11 Å². The summed E-state index contributed by atoms with van der Waals surface area (Å²) in [6.07, 6.45) is 0. The number of methoxy groups -OCH3 is 1. The predicted octanol–water partition coefficient (Wildman–Crippen LogP) is 4.37. The average molecular weight is 349 g/mol. The third-order valence-electron chi connectivity index (χ3n) is 3.14. The van der Waals surface area contributed by atoms with Crippen LogP contribution in [0.1, 0.15) is 0 Å². The molecule has 0 fully saturated rings. The molecule has 3 nitrogen and oxygen atoms in total. The highest BCUT2D eigenvalue weighted by Crippen LogP contribution is 2.31. The summed E-state index contributed by atoms with van der Waals surface area (Å²) in [5.41, 5.74) is 0.875. The first-order chi connectivity index (χ1) is 10.1. The van der Waals surface area contributed by atoms with E-state index >= 15 is 0 Å². The molecule has 0 bridgehead atoms. The average Bonchev–Trinajstić information content (AvgIpc) is 2.47. The van der Waals surface area contributed by atoms with Crippen molar-refractivity contribution in [3.05, 3.63) is 63.2 Å². The summed E-state index contributed by atoms with van der Waals surface area (Å²) in [5.74, 6) is 0.121. The van der Waals surface area contributed by atoms with Gasteiger partial charge in [-0.2, -0.15) is 0 Å². The molecule has 0 unspecified atom stereocenters. The van der Waals surface area contributed by atoms with Gasteiger partial charge in [0.2, 0.25) is 0 Å². The lowest BCUT2D eigenvalue weighted by atomic mass is 10.1. The van der Waals surface area contributed by atoms with E-state index in [4.69, 9.17) is 9.15 Å². The number of hydrogen-bond donors (Lipinski definition) is 0. The summed E-state index contributed by atoms with van der Waals surface area (Å²) in [6, 6.07) is 11.0. The fourth-order valence-electron chi connectivity index (χ4n) is 2.15. The van der Waals surface area contributed by atoms with Crippen LogP contribution in [0.4, 0.5) is 4.39 Å². The molecule has 0 aliphatic rings. The zero-order valence-corrected chi connectivity index (χ0v) is 12.6. The maximum Gasteiger partial charge on any atom is 0.344 e. The first kappa shape index (κ1) is 13.8. The van der Waals surface area contributed by atoms with Crippen molar-refractivity contribution in [3.63, 3.8) is 0 Å². The highest BCUT2D eigenvalue weighted by atomic mass is 79.9. The van der Waals surface area contributed by atoms with Crippen LogP contribution in [0.2, 0.25) is 0 Å². The van der Waals surface area contributed by atoms with Crippen LogP contribution >= 0.6 is 15.9 Å². The Labute approximate surface area is 128 Å². The van der Waals surface area contributed by atoms with Crippen molar-refractivity contribution in [2.24, 2.45) is 0 Å². The van der Waals surface area contributed by atoms with Gasteiger partial charge >= 0.3 is 5.63 Å². The molecule has 0 N–H and O–H groups in total. The Hall–Kier alpha value is -2.14. The van der Waals surface area contributed by atoms with E-state index in [1.807, 2.05) is 6.07 Å². The highest BCUT2D eigenvalue weighted by Gasteiger charge is 2.12. The monoisotopic (exact) mass is 348 g/mol. The van der Waals surface area contributed by atoms with Crippen LogP contribution in [-0.2, 0) is 0 Å². The first-order valence-electron chi connectivity index (χ1n) is 6.16. The Morgan fingerprint density at radius 1 is 1.14 bits per heavy atom. The van der Waals surface area contributed by atoms with Gasteiger partial charge in [0.1, 0.15) is 5.82 Å². The lowest BCUT2D eigenvalue weighted by Gasteiger charge is -2.07. The summed E-state index contributed by atoms with van der Waals surface area (Å²) in [4.78, 5) is 12.1. The van der Waals surface area contributed by atoms with Gasteiger partial charge < -0.3 is 9.15 Å². The molecule has 3 rings (SSSR count). The van der Waals surface area contributed by atoms with E-state index in [1.165, 1.54) is 19.2 Å². The molecule has 0 spiro atoms. The van der Waals surface area contributed by atoms with Gasteiger partial charge in [-0.25, -0.2) is 9.18 Å². The molecule has 0 aliphatic carbocycles. The minimum absolute atomic E-state index is 0.353.